The Labute approximate surface area is 166 Å². The molecule has 1 saturated heterocycles. The summed E-state index contributed by atoms with van der Waals surface area (Å²) in [6.07, 6.45) is 4.98. The zero-order valence-corrected chi connectivity index (χ0v) is 17.4. The van der Waals surface area contributed by atoms with Crippen LogP contribution >= 0.6 is 11.3 Å². The molecule has 0 radical (unpaired) electrons. The number of guanidine groups is 1. The van der Waals surface area contributed by atoms with Gasteiger partial charge in [-0.2, -0.15) is 0 Å². The van der Waals surface area contributed by atoms with Crippen molar-refractivity contribution in [1.82, 2.24) is 15.1 Å². The molecular formula is C20H32N4O2S. The number of nitrogens with zero attached hydrogens (tertiary/aromatic N) is 3. The summed E-state index contributed by atoms with van der Waals surface area (Å²) in [6.45, 7) is 4.99. The number of thiophene rings is 1. The zero-order chi connectivity index (χ0) is 19.1. The maximum Gasteiger partial charge on any atom is 0.224 e. The van der Waals surface area contributed by atoms with Crippen LogP contribution in [0.3, 0.4) is 0 Å². The van der Waals surface area contributed by atoms with E-state index in [2.05, 4.69) is 33.7 Å². The molecule has 0 saturated carbocycles. The molecule has 3 rings (SSSR count). The van der Waals surface area contributed by atoms with Crippen molar-refractivity contribution in [2.24, 2.45) is 10.9 Å². The second kappa shape index (κ2) is 10.1. The Morgan fingerprint density at radius 3 is 3.04 bits per heavy atom. The van der Waals surface area contributed by atoms with E-state index >= 15 is 0 Å². The molecule has 7 heteroatoms. The highest BCUT2D eigenvalue weighted by molar-refractivity contribution is 7.10. The lowest BCUT2D eigenvalue weighted by molar-refractivity contribution is -0.131. The summed E-state index contributed by atoms with van der Waals surface area (Å²) in [5.74, 6) is 1.84. The number of amides is 1. The lowest BCUT2D eigenvalue weighted by Crippen LogP contribution is -2.42. The number of hydrogen-bond acceptors (Lipinski definition) is 4. The minimum absolute atomic E-state index is 0.222. The normalized spacial score (nSPS) is 18.3. The van der Waals surface area contributed by atoms with Gasteiger partial charge in [-0.25, -0.2) is 0 Å². The van der Waals surface area contributed by atoms with E-state index < -0.39 is 0 Å². The first-order chi connectivity index (χ1) is 13.2. The van der Waals surface area contributed by atoms with Crippen LogP contribution in [0.25, 0.3) is 0 Å². The smallest absolute Gasteiger partial charge is 0.224 e. The van der Waals surface area contributed by atoms with Crippen molar-refractivity contribution in [3.05, 3.63) is 21.9 Å². The van der Waals surface area contributed by atoms with Crippen molar-refractivity contribution >= 4 is 23.2 Å². The van der Waals surface area contributed by atoms with Crippen molar-refractivity contribution in [2.45, 2.75) is 38.6 Å². The molecule has 1 aromatic heterocycles. The van der Waals surface area contributed by atoms with Gasteiger partial charge >= 0.3 is 0 Å². The number of hydrogen-bond donors (Lipinski definition) is 1. The molecule has 1 amide bonds. The lowest BCUT2D eigenvalue weighted by Gasteiger charge is -2.28. The molecule has 1 aromatic rings. The molecule has 0 aliphatic carbocycles. The third-order valence-corrected chi connectivity index (χ3v) is 6.59. The zero-order valence-electron chi connectivity index (χ0n) is 16.6. The molecule has 150 valence electrons. The van der Waals surface area contributed by atoms with Gasteiger partial charge in [0.2, 0.25) is 5.91 Å². The Kier molecular flexibility index (Phi) is 7.52. The first-order valence-electron chi connectivity index (χ1n) is 10.00. The van der Waals surface area contributed by atoms with Crippen LogP contribution in [0, 0.1) is 5.92 Å². The van der Waals surface area contributed by atoms with Gasteiger partial charge in [-0.05, 0) is 48.6 Å². The number of nitrogens with one attached hydrogen (secondary N) is 1. The molecular weight excluding hydrogens is 360 g/mol. The van der Waals surface area contributed by atoms with E-state index in [0.29, 0.717) is 13.0 Å². The number of carbonyl (C=O) groups excluding carboxylic acids is 1. The van der Waals surface area contributed by atoms with Crippen LogP contribution in [0.4, 0.5) is 0 Å². The van der Waals surface area contributed by atoms with Gasteiger partial charge in [0.1, 0.15) is 0 Å². The quantitative estimate of drug-likeness (QED) is 0.596. The molecule has 2 aliphatic heterocycles. The third-order valence-electron chi connectivity index (χ3n) is 5.57. The Morgan fingerprint density at radius 2 is 2.26 bits per heavy atom. The topological polar surface area (TPSA) is 57.2 Å². The molecule has 27 heavy (non-hydrogen) atoms. The summed E-state index contributed by atoms with van der Waals surface area (Å²) < 4.78 is 5.43. The monoisotopic (exact) mass is 392 g/mol. The molecule has 0 atom stereocenters. The van der Waals surface area contributed by atoms with E-state index in [1.165, 1.54) is 10.4 Å². The highest BCUT2D eigenvalue weighted by Gasteiger charge is 2.21. The van der Waals surface area contributed by atoms with Crippen molar-refractivity contribution in [3.63, 3.8) is 0 Å². The van der Waals surface area contributed by atoms with Crippen LogP contribution < -0.4 is 5.32 Å². The average Bonchev–Trinajstić information content (AvgIpc) is 3.18. The van der Waals surface area contributed by atoms with Gasteiger partial charge in [-0.15, -0.1) is 11.3 Å². The van der Waals surface area contributed by atoms with E-state index in [1.54, 1.807) is 18.4 Å². The summed E-state index contributed by atoms with van der Waals surface area (Å²) in [4.78, 5) is 22.5. The number of rotatable bonds is 6. The lowest BCUT2D eigenvalue weighted by atomic mass is 9.96. The van der Waals surface area contributed by atoms with Crippen molar-refractivity contribution in [3.8, 4) is 0 Å². The van der Waals surface area contributed by atoms with Crippen LogP contribution in [-0.4, -0.2) is 68.6 Å². The fourth-order valence-corrected chi connectivity index (χ4v) is 4.69. The van der Waals surface area contributed by atoms with Gasteiger partial charge in [0, 0.05) is 64.8 Å². The Morgan fingerprint density at radius 1 is 1.44 bits per heavy atom. The van der Waals surface area contributed by atoms with Gasteiger partial charge in [0.15, 0.2) is 5.96 Å². The van der Waals surface area contributed by atoms with E-state index in [9.17, 15) is 4.79 Å². The van der Waals surface area contributed by atoms with E-state index in [1.807, 2.05) is 4.90 Å². The van der Waals surface area contributed by atoms with Crippen molar-refractivity contribution < 1.29 is 9.53 Å². The molecule has 2 aliphatic rings. The van der Waals surface area contributed by atoms with Gasteiger partial charge < -0.3 is 19.9 Å². The summed E-state index contributed by atoms with van der Waals surface area (Å²) in [5.41, 5.74) is 1.32. The molecule has 0 aromatic carbocycles. The fourth-order valence-electron chi connectivity index (χ4n) is 3.80. The molecule has 0 unspecified atom stereocenters. The number of ether oxygens (including phenoxy) is 1. The third kappa shape index (κ3) is 5.69. The van der Waals surface area contributed by atoms with Crippen LogP contribution in [-0.2, 0) is 22.5 Å². The predicted octanol–water partition coefficient (Wildman–Crippen LogP) is 2.35. The van der Waals surface area contributed by atoms with Crippen LogP contribution in [0.5, 0.6) is 0 Å². The molecule has 0 spiro atoms. The maximum atomic E-state index is 12.5. The summed E-state index contributed by atoms with van der Waals surface area (Å²) in [5, 5.41) is 5.47. The average molecular weight is 393 g/mol. The second-order valence-electron chi connectivity index (χ2n) is 7.42. The Bertz CT molecular complexity index is 640. The standard InChI is InChI=1S/C20H32N4O2S/c1-21-20(23(2)10-4-16-6-12-26-13-7-16)22-9-3-19(25)24-11-5-18-17(15-24)8-14-27-18/h8,14,16H,3-7,9-13,15H2,1-2H3,(H,21,22). The molecule has 1 N–H and O–H groups in total. The second-order valence-corrected chi connectivity index (χ2v) is 8.42. The van der Waals surface area contributed by atoms with Crippen LogP contribution in [0.1, 0.15) is 36.1 Å². The number of fused-ring (bicyclic) bond motifs is 1. The van der Waals surface area contributed by atoms with Gasteiger partial charge in [0.05, 0.1) is 0 Å². The molecule has 3 heterocycles. The first-order valence-corrected chi connectivity index (χ1v) is 10.9. The summed E-state index contributed by atoms with van der Waals surface area (Å²) >= 11 is 1.80. The predicted molar refractivity (Wildman–Crippen MR) is 110 cm³/mol. The van der Waals surface area contributed by atoms with Crippen molar-refractivity contribution in [1.29, 1.82) is 0 Å². The summed E-state index contributed by atoms with van der Waals surface area (Å²) in [7, 11) is 3.87. The fraction of sp³-hybridized carbons (Fsp3) is 0.700. The van der Waals surface area contributed by atoms with E-state index in [-0.39, 0.29) is 5.91 Å². The van der Waals surface area contributed by atoms with Gasteiger partial charge in [0.25, 0.3) is 0 Å². The molecule has 0 bridgehead atoms. The first kappa shape index (κ1) is 20.1. The number of carbonyl (C=O) groups is 1. The highest BCUT2D eigenvalue weighted by Crippen LogP contribution is 2.24. The molecule has 6 nitrogen and oxygen atoms in total. The highest BCUT2D eigenvalue weighted by atomic mass is 32.1. The molecule has 1 fully saturated rings. The summed E-state index contributed by atoms with van der Waals surface area (Å²) in [6, 6.07) is 2.15. The van der Waals surface area contributed by atoms with E-state index in [4.69, 9.17) is 4.74 Å². The Balaban J connectivity index is 1.37. The minimum atomic E-state index is 0.222. The van der Waals surface area contributed by atoms with Gasteiger partial charge in [-0.1, -0.05) is 0 Å². The van der Waals surface area contributed by atoms with E-state index in [0.717, 1.165) is 70.4 Å². The SMILES string of the molecule is CN=C(NCCC(=O)N1CCc2sccc2C1)N(C)CCC1CCOCC1. The van der Waals surface area contributed by atoms with Crippen molar-refractivity contribution in [2.75, 3.05) is 46.9 Å². The van der Waals surface area contributed by atoms with Crippen LogP contribution in [0.15, 0.2) is 16.4 Å². The largest absolute Gasteiger partial charge is 0.381 e. The van der Waals surface area contributed by atoms with Gasteiger partial charge in [-0.3, -0.25) is 9.79 Å². The van der Waals surface area contributed by atoms with Crippen LogP contribution in [0.2, 0.25) is 0 Å². The maximum absolute atomic E-state index is 12.5. The number of aliphatic imine (C=N–C) groups is 1. The minimum Gasteiger partial charge on any atom is -0.381 e. The Hall–Kier alpha value is -1.60.